The molecular formula is C18H30ClN. The highest BCUT2D eigenvalue weighted by Crippen LogP contribution is 2.26. The molecule has 0 aliphatic heterocycles. The molecule has 0 heterocycles. The highest BCUT2D eigenvalue weighted by Gasteiger charge is 2.13. The van der Waals surface area contributed by atoms with Crippen LogP contribution in [0.15, 0.2) is 30.3 Å². The molecule has 1 saturated carbocycles. The Morgan fingerprint density at radius 2 is 1.80 bits per heavy atom. The monoisotopic (exact) mass is 295 g/mol. The Morgan fingerprint density at radius 3 is 2.50 bits per heavy atom. The maximum atomic E-state index is 2.54. The Kier molecular flexibility index (Phi) is 8.97. The quantitative estimate of drug-likeness (QED) is 0.708. The van der Waals surface area contributed by atoms with Crippen LogP contribution in [-0.4, -0.2) is 12.6 Å². The first-order valence-corrected chi connectivity index (χ1v) is 8.22. The SMILES string of the molecule is CC(Cc1ccccc1)[NH2+]CCCC1CCCCC1.[Cl-]. The van der Waals surface area contributed by atoms with Crippen molar-refractivity contribution in [3.8, 4) is 0 Å². The number of quaternary nitrogens is 1. The number of benzene rings is 1. The van der Waals surface area contributed by atoms with E-state index >= 15 is 0 Å². The molecule has 2 heteroatoms. The van der Waals surface area contributed by atoms with Crippen LogP contribution in [0.4, 0.5) is 0 Å². The molecule has 0 spiro atoms. The lowest BCUT2D eigenvalue weighted by molar-refractivity contribution is -0.686. The van der Waals surface area contributed by atoms with Crippen LogP contribution in [0.3, 0.4) is 0 Å². The molecule has 0 aromatic heterocycles. The average Bonchev–Trinajstić information content (AvgIpc) is 2.46. The maximum absolute atomic E-state index is 2.54. The molecule has 2 rings (SSSR count). The van der Waals surface area contributed by atoms with Gasteiger partial charge in [-0.25, -0.2) is 0 Å². The van der Waals surface area contributed by atoms with E-state index in [0.717, 1.165) is 5.92 Å². The van der Waals surface area contributed by atoms with E-state index in [0.29, 0.717) is 6.04 Å². The molecule has 0 saturated heterocycles. The van der Waals surface area contributed by atoms with Gasteiger partial charge in [-0.15, -0.1) is 0 Å². The molecule has 1 nitrogen and oxygen atoms in total. The second kappa shape index (κ2) is 10.2. The third-order valence-electron chi connectivity index (χ3n) is 4.51. The van der Waals surface area contributed by atoms with Crippen molar-refractivity contribution in [3.05, 3.63) is 35.9 Å². The zero-order valence-electron chi connectivity index (χ0n) is 12.9. The van der Waals surface area contributed by atoms with Gasteiger partial charge in [-0.3, -0.25) is 0 Å². The molecule has 1 fully saturated rings. The van der Waals surface area contributed by atoms with Crippen molar-refractivity contribution in [2.45, 2.75) is 64.3 Å². The van der Waals surface area contributed by atoms with E-state index < -0.39 is 0 Å². The van der Waals surface area contributed by atoms with Gasteiger partial charge in [0, 0.05) is 6.42 Å². The largest absolute Gasteiger partial charge is 1.00 e. The molecule has 2 N–H and O–H groups in total. The summed E-state index contributed by atoms with van der Waals surface area (Å²) in [5.74, 6) is 1.05. The highest BCUT2D eigenvalue weighted by molar-refractivity contribution is 5.15. The van der Waals surface area contributed by atoms with Crippen molar-refractivity contribution in [2.24, 2.45) is 5.92 Å². The van der Waals surface area contributed by atoms with Crippen LogP contribution in [0.2, 0.25) is 0 Å². The maximum Gasteiger partial charge on any atom is 0.0871 e. The van der Waals surface area contributed by atoms with Crippen LogP contribution < -0.4 is 17.7 Å². The van der Waals surface area contributed by atoms with Crippen LogP contribution in [0, 0.1) is 5.92 Å². The molecule has 0 radical (unpaired) electrons. The van der Waals surface area contributed by atoms with E-state index in [4.69, 9.17) is 0 Å². The van der Waals surface area contributed by atoms with Crippen LogP contribution in [-0.2, 0) is 6.42 Å². The summed E-state index contributed by atoms with van der Waals surface area (Å²) < 4.78 is 0. The number of hydrogen-bond acceptors (Lipinski definition) is 0. The highest BCUT2D eigenvalue weighted by atomic mass is 35.5. The van der Waals surface area contributed by atoms with Crippen LogP contribution in [0.1, 0.15) is 57.4 Å². The van der Waals surface area contributed by atoms with E-state index in [9.17, 15) is 0 Å². The molecule has 114 valence electrons. The molecule has 1 atom stereocenters. The number of nitrogens with two attached hydrogens (primary N) is 1. The van der Waals surface area contributed by atoms with Crippen molar-refractivity contribution in [1.82, 2.24) is 0 Å². The Hall–Kier alpha value is -0.530. The summed E-state index contributed by atoms with van der Waals surface area (Å²) in [7, 11) is 0. The Morgan fingerprint density at radius 1 is 1.10 bits per heavy atom. The second-order valence-electron chi connectivity index (χ2n) is 6.34. The molecule has 1 aromatic carbocycles. The van der Waals surface area contributed by atoms with Crippen molar-refractivity contribution in [1.29, 1.82) is 0 Å². The lowest BCUT2D eigenvalue weighted by Gasteiger charge is -2.21. The Balaban J connectivity index is 0.00000200. The van der Waals surface area contributed by atoms with E-state index in [1.165, 1.54) is 63.5 Å². The number of halogens is 1. The summed E-state index contributed by atoms with van der Waals surface area (Å²) in [6.45, 7) is 3.66. The van der Waals surface area contributed by atoms with Crippen LogP contribution in [0.25, 0.3) is 0 Å². The average molecular weight is 296 g/mol. The minimum absolute atomic E-state index is 0. The van der Waals surface area contributed by atoms with Crippen molar-refractivity contribution < 1.29 is 17.7 Å². The van der Waals surface area contributed by atoms with E-state index in [1.54, 1.807) is 0 Å². The Bertz CT molecular complexity index is 333. The van der Waals surface area contributed by atoms with E-state index in [2.05, 4.69) is 42.6 Å². The molecule has 20 heavy (non-hydrogen) atoms. The summed E-state index contributed by atoms with van der Waals surface area (Å²) in [5.41, 5.74) is 1.47. The van der Waals surface area contributed by atoms with Gasteiger partial charge in [0.2, 0.25) is 0 Å². The number of hydrogen-bond donors (Lipinski definition) is 1. The lowest BCUT2D eigenvalue weighted by Crippen LogP contribution is -3.00. The van der Waals surface area contributed by atoms with Gasteiger partial charge in [-0.2, -0.15) is 0 Å². The van der Waals surface area contributed by atoms with Gasteiger partial charge in [-0.05, 0) is 31.2 Å². The molecule has 0 amide bonds. The van der Waals surface area contributed by atoms with Gasteiger partial charge in [0.15, 0.2) is 0 Å². The van der Waals surface area contributed by atoms with Gasteiger partial charge in [0.1, 0.15) is 0 Å². The zero-order valence-corrected chi connectivity index (χ0v) is 13.6. The van der Waals surface area contributed by atoms with Crippen LogP contribution >= 0.6 is 0 Å². The predicted octanol–water partition coefficient (Wildman–Crippen LogP) is 0.546. The minimum atomic E-state index is 0. The molecule has 0 bridgehead atoms. The smallest absolute Gasteiger partial charge is 0.0871 e. The first kappa shape index (κ1) is 17.5. The van der Waals surface area contributed by atoms with Crippen molar-refractivity contribution in [3.63, 3.8) is 0 Å². The summed E-state index contributed by atoms with van der Waals surface area (Å²) in [4.78, 5) is 0. The van der Waals surface area contributed by atoms with Gasteiger partial charge >= 0.3 is 0 Å². The zero-order chi connectivity index (χ0) is 13.3. The van der Waals surface area contributed by atoms with Crippen LogP contribution in [0.5, 0.6) is 0 Å². The van der Waals surface area contributed by atoms with E-state index in [1.807, 2.05) is 0 Å². The topological polar surface area (TPSA) is 16.6 Å². The van der Waals surface area contributed by atoms with Gasteiger partial charge in [0.05, 0.1) is 12.6 Å². The fraction of sp³-hybridized carbons (Fsp3) is 0.667. The summed E-state index contributed by atoms with van der Waals surface area (Å²) >= 11 is 0. The minimum Gasteiger partial charge on any atom is -1.00 e. The van der Waals surface area contributed by atoms with E-state index in [-0.39, 0.29) is 12.4 Å². The fourth-order valence-corrected chi connectivity index (χ4v) is 3.35. The third-order valence-corrected chi connectivity index (χ3v) is 4.51. The molecule has 1 aliphatic rings. The van der Waals surface area contributed by atoms with Crippen molar-refractivity contribution >= 4 is 0 Å². The molecule has 1 aromatic rings. The fourth-order valence-electron chi connectivity index (χ4n) is 3.35. The lowest BCUT2D eigenvalue weighted by atomic mass is 9.86. The molecule has 1 unspecified atom stereocenters. The van der Waals surface area contributed by atoms with Gasteiger partial charge in [-0.1, -0.05) is 62.4 Å². The van der Waals surface area contributed by atoms with Gasteiger partial charge < -0.3 is 17.7 Å². The first-order chi connectivity index (χ1) is 9.34. The van der Waals surface area contributed by atoms with Crippen molar-refractivity contribution in [2.75, 3.05) is 6.54 Å². The molecular weight excluding hydrogens is 266 g/mol. The summed E-state index contributed by atoms with van der Waals surface area (Å²) in [5, 5.41) is 2.54. The summed E-state index contributed by atoms with van der Waals surface area (Å²) in [6.07, 6.45) is 11.5. The predicted molar refractivity (Wildman–Crippen MR) is 82.2 cm³/mol. The third kappa shape index (κ3) is 6.76. The second-order valence-corrected chi connectivity index (χ2v) is 6.34. The first-order valence-electron chi connectivity index (χ1n) is 8.22. The van der Waals surface area contributed by atoms with Gasteiger partial charge in [0.25, 0.3) is 0 Å². The number of rotatable bonds is 7. The standard InChI is InChI=1S/C18H29N.ClH/c1-16(15-18-11-6-3-7-12-18)19-14-8-13-17-9-4-2-5-10-17;/h3,6-7,11-12,16-17,19H,2,4-5,8-10,13-15H2,1H3;1H. The molecule has 1 aliphatic carbocycles. The normalized spacial score (nSPS) is 17.4. The Labute approximate surface area is 131 Å². The summed E-state index contributed by atoms with van der Waals surface area (Å²) in [6, 6.07) is 11.6.